The number of rotatable bonds is 1. The van der Waals surface area contributed by atoms with Crippen molar-refractivity contribution < 1.29 is 5.11 Å². The number of aliphatic hydroxyl groups excluding tert-OH is 1. The molecule has 0 rings (SSSR count). The number of hydrogen-bond acceptors (Lipinski definition) is 3. The lowest BCUT2D eigenvalue weighted by Crippen LogP contribution is -1.72. The summed E-state index contributed by atoms with van der Waals surface area (Å²) in [7, 11) is 0. The number of thioether (sulfide) groups is 1. The Balaban J connectivity index is 3.06. The van der Waals surface area contributed by atoms with E-state index in [1.807, 2.05) is 5.40 Å². The molecule has 0 fully saturated rings. The quantitative estimate of drug-likeness (QED) is 0.311. The number of nitriles is 1. The normalized spacial score (nSPS) is 6.50. The fourth-order valence-electron chi connectivity index (χ4n) is 0.175. The zero-order chi connectivity index (χ0) is 6.24. The van der Waals surface area contributed by atoms with Crippen LogP contribution in [0, 0.1) is 22.5 Å². The van der Waals surface area contributed by atoms with Gasteiger partial charge in [0.2, 0.25) is 0 Å². The molecule has 0 aliphatic carbocycles. The third kappa shape index (κ3) is 5.36. The molecule has 0 unspecified atom stereocenters. The average Bonchev–Trinajstić information content (AvgIpc) is 1.81. The number of aliphatic hydroxyl groups is 1. The molecular formula is C5H5NOS. The summed E-state index contributed by atoms with van der Waals surface area (Å²) in [6.45, 7) is -0.119. The van der Waals surface area contributed by atoms with E-state index in [2.05, 4.69) is 11.8 Å². The molecule has 0 spiro atoms. The summed E-state index contributed by atoms with van der Waals surface area (Å²) in [6.07, 6.45) is 0. The lowest BCUT2D eigenvalue weighted by molar-refractivity contribution is 0.350. The molecule has 0 bridgehead atoms. The van der Waals surface area contributed by atoms with Crippen LogP contribution in [0.3, 0.4) is 0 Å². The van der Waals surface area contributed by atoms with E-state index in [0.29, 0.717) is 5.75 Å². The van der Waals surface area contributed by atoms with Gasteiger partial charge in [0.05, 0.1) is 5.75 Å². The second-order valence-electron chi connectivity index (χ2n) is 0.892. The highest BCUT2D eigenvalue weighted by Gasteiger charge is 1.72. The van der Waals surface area contributed by atoms with Gasteiger partial charge in [-0.15, -0.1) is 0 Å². The first-order valence-electron chi connectivity index (χ1n) is 1.99. The predicted molar refractivity (Wildman–Crippen MR) is 32.9 cm³/mol. The molecule has 42 valence electrons. The van der Waals surface area contributed by atoms with E-state index in [1.165, 1.54) is 0 Å². The molecule has 0 aromatic heterocycles. The van der Waals surface area contributed by atoms with Crippen molar-refractivity contribution in [2.45, 2.75) is 0 Å². The zero-order valence-electron chi connectivity index (χ0n) is 4.22. The van der Waals surface area contributed by atoms with Crippen LogP contribution in [0.15, 0.2) is 0 Å². The van der Waals surface area contributed by atoms with Crippen molar-refractivity contribution in [2.24, 2.45) is 0 Å². The Hall–Kier alpha value is -0.640. The molecule has 3 heteroatoms. The van der Waals surface area contributed by atoms with Crippen LogP contribution in [-0.4, -0.2) is 17.5 Å². The number of hydrogen-bond donors (Lipinski definition) is 1. The zero-order valence-corrected chi connectivity index (χ0v) is 5.03. The van der Waals surface area contributed by atoms with Gasteiger partial charge < -0.3 is 5.11 Å². The maximum atomic E-state index is 8.10. The predicted octanol–water partition coefficient (Wildman–Crippen LogP) is 0.196. The van der Waals surface area contributed by atoms with E-state index in [-0.39, 0.29) is 6.61 Å². The summed E-state index contributed by atoms with van der Waals surface area (Å²) in [5.41, 5.74) is 0. The topological polar surface area (TPSA) is 44.0 Å². The van der Waals surface area contributed by atoms with E-state index in [4.69, 9.17) is 10.4 Å². The third-order valence-corrected chi connectivity index (χ3v) is 0.831. The SMILES string of the molecule is N#CSCC#CCO. The Morgan fingerprint density at radius 3 is 2.75 bits per heavy atom. The van der Waals surface area contributed by atoms with Crippen LogP contribution in [0.4, 0.5) is 0 Å². The van der Waals surface area contributed by atoms with Crippen molar-refractivity contribution >= 4 is 11.8 Å². The fourth-order valence-corrected chi connectivity index (χ4v) is 0.414. The Bertz CT molecular complexity index is 139. The first-order chi connectivity index (χ1) is 3.91. The molecule has 0 atom stereocenters. The van der Waals surface area contributed by atoms with Crippen molar-refractivity contribution in [1.29, 1.82) is 5.26 Å². The Labute approximate surface area is 52.5 Å². The van der Waals surface area contributed by atoms with E-state index in [1.54, 1.807) is 0 Å². The lowest BCUT2D eigenvalue weighted by Gasteiger charge is -1.72. The maximum absolute atomic E-state index is 8.10. The minimum Gasteiger partial charge on any atom is -0.384 e. The third-order valence-electron chi connectivity index (χ3n) is 0.413. The van der Waals surface area contributed by atoms with Crippen molar-refractivity contribution in [3.63, 3.8) is 0 Å². The van der Waals surface area contributed by atoms with E-state index in [9.17, 15) is 0 Å². The number of nitrogens with zero attached hydrogens (tertiary/aromatic N) is 1. The smallest absolute Gasteiger partial charge is 0.134 e. The highest BCUT2D eigenvalue weighted by molar-refractivity contribution is 8.03. The van der Waals surface area contributed by atoms with Gasteiger partial charge in [0, 0.05) is 0 Å². The molecule has 2 nitrogen and oxygen atoms in total. The molecule has 0 aromatic rings. The average molecular weight is 127 g/mol. The first kappa shape index (κ1) is 7.36. The minimum absolute atomic E-state index is 0.119. The molecule has 0 saturated carbocycles. The number of thiocyanates is 1. The Morgan fingerprint density at radius 1 is 1.50 bits per heavy atom. The summed E-state index contributed by atoms with van der Waals surface area (Å²) in [4.78, 5) is 0. The van der Waals surface area contributed by atoms with Gasteiger partial charge in [-0.25, -0.2) is 0 Å². The molecule has 0 radical (unpaired) electrons. The Kier molecular flexibility index (Phi) is 5.85. The van der Waals surface area contributed by atoms with Crippen LogP contribution in [0.5, 0.6) is 0 Å². The molecule has 0 heterocycles. The van der Waals surface area contributed by atoms with Gasteiger partial charge in [0.25, 0.3) is 0 Å². The van der Waals surface area contributed by atoms with Crippen LogP contribution in [0.25, 0.3) is 0 Å². The van der Waals surface area contributed by atoms with Crippen molar-refractivity contribution in [3.8, 4) is 17.2 Å². The maximum Gasteiger partial charge on any atom is 0.134 e. The molecule has 1 N–H and O–H groups in total. The van der Waals surface area contributed by atoms with Crippen LogP contribution in [0.1, 0.15) is 0 Å². The lowest BCUT2D eigenvalue weighted by atomic mass is 10.6. The van der Waals surface area contributed by atoms with Crippen LogP contribution in [-0.2, 0) is 0 Å². The summed E-state index contributed by atoms with van der Waals surface area (Å²) in [6, 6.07) is 0. The summed E-state index contributed by atoms with van der Waals surface area (Å²) < 4.78 is 0. The highest BCUT2D eigenvalue weighted by Crippen LogP contribution is 1.90. The molecule has 0 aliphatic rings. The standard InChI is InChI=1S/C5H5NOS/c6-5-8-4-2-1-3-7/h7H,3-4H2. The largest absolute Gasteiger partial charge is 0.384 e. The van der Waals surface area contributed by atoms with Gasteiger partial charge in [-0.05, 0) is 11.8 Å². The van der Waals surface area contributed by atoms with Gasteiger partial charge >= 0.3 is 0 Å². The van der Waals surface area contributed by atoms with Gasteiger partial charge in [0.1, 0.15) is 12.0 Å². The fraction of sp³-hybridized carbons (Fsp3) is 0.400. The van der Waals surface area contributed by atoms with Gasteiger partial charge in [-0.3, -0.25) is 0 Å². The molecular weight excluding hydrogens is 122 g/mol. The van der Waals surface area contributed by atoms with Gasteiger partial charge in [0.15, 0.2) is 0 Å². The summed E-state index contributed by atoms with van der Waals surface area (Å²) >= 11 is 1.07. The second kappa shape index (κ2) is 6.36. The highest BCUT2D eigenvalue weighted by atomic mass is 32.2. The summed E-state index contributed by atoms with van der Waals surface area (Å²) in [5.74, 6) is 5.48. The molecule has 0 amide bonds. The summed E-state index contributed by atoms with van der Waals surface area (Å²) in [5, 5.41) is 17.9. The van der Waals surface area contributed by atoms with Crippen LogP contribution < -0.4 is 0 Å². The minimum atomic E-state index is -0.119. The van der Waals surface area contributed by atoms with Crippen molar-refractivity contribution in [3.05, 3.63) is 0 Å². The molecule has 0 aromatic carbocycles. The first-order valence-corrected chi connectivity index (χ1v) is 2.98. The van der Waals surface area contributed by atoms with Gasteiger partial charge in [-0.1, -0.05) is 11.8 Å². The molecule has 0 saturated heterocycles. The molecule has 8 heavy (non-hydrogen) atoms. The van der Waals surface area contributed by atoms with E-state index < -0.39 is 0 Å². The van der Waals surface area contributed by atoms with E-state index in [0.717, 1.165) is 11.8 Å². The van der Waals surface area contributed by atoms with Gasteiger partial charge in [-0.2, -0.15) is 5.26 Å². The van der Waals surface area contributed by atoms with Crippen LogP contribution >= 0.6 is 11.8 Å². The van der Waals surface area contributed by atoms with Crippen LogP contribution in [0.2, 0.25) is 0 Å². The van der Waals surface area contributed by atoms with Crippen molar-refractivity contribution in [1.82, 2.24) is 0 Å². The molecule has 0 aliphatic heterocycles. The second-order valence-corrected chi connectivity index (χ2v) is 1.65. The van der Waals surface area contributed by atoms with Crippen molar-refractivity contribution in [2.75, 3.05) is 12.4 Å². The van der Waals surface area contributed by atoms with E-state index >= 15 is 0 Å². The monoisotopic (exact) mass is 127 g/mol. The Morgan fingerprint density at radius 2 is 2.25 bits per heavy atom.